The minimum absolute atomic E-state index is 0.101. The van der Waals surface area contributed by atoms with Crippen molar-refractivity contribution in [3.05, 3.63) is 28.1 Å². The molecule has 0 aliphatic carbocycles. The van der Waals surface area contributed by atoms with Gasteiger partial charge in [-0.3, -0.25) is 4.79 Å². The van der Waals surface area contributed by atoms with Crippen LogP contribution in [-0.4, -0.2) is 13.4 Å². The van der Waals surface area contributed by atoms with E-state index < -0.39 is 8.32 Å². The molecular formula is C12H20O4Si. The van der Waals surface area contributed by atoms with Crippen molar-refractivity contribution in [2.24, 2.45) is 0 Å². The van der Waals surface area contributed by atoms with Gasteiger partial charge in [-0.05, 0) is 18.1 Å². The summed E-state index contributed by atoms with van der Waals surface area (Å²) in [6.07, 6.45) is 0. The Bertz CT molecular complexity index is 443. The molecule has 0 aliphatic rings. The van der Waals surface area contributed by atoms with Crippen molar-refractivity contribution < 1.29 is 13.9 Å². The van der Waals surface area contributed by atoms with E-state index in [4.69, 9.17) is 8.84 Å². The molecule has 0 fully saturated rings. The lowest BCUT2D eigenvalue weighted by atomic mass is 10.2. The Morgan fingerprint density at radius 1 is 1.35 bits per heavy atom. The number of hydrogen-bond acceptors (Lipinski definition) is 4. The molecule has 17 heavy (non-hydrogen) atoms. The highest BCUT2D eigenvalue weighted by atomic mass is 28.4. The van der Waals surface area contributed by atoms with E-state index in [1.54, 1.807) is 0 Å². The molecule has 0 saturated heterocycles. The molecule has 1 heterocycles. The fourth-order valence-corrected chi connectivity index (χ4v) is 1.99. The van der Waals surface area contributed by atoms with Gasteiger partial charge in [0.2, 0.25) is 0 Å². The quantitative estimate of drug-likeness (QED) is 0.845. The summed E-state index contributed by atoms with van der Waals surface area (Å²) in [5, 5.41) is 9.27. The summed E-state index contributed by atoms with van der Waals surface area (Å²) in [6.45, 7) is 10.9. The van der Waals surface area contributed by atoms with E-state index in [1.165, 1.54) is 6.07 Å². The van der Waals surface area contributed by atoms with Gasteiger partial charge in [-0.15, -0.1) is 0 Å². The second-order valence-corrected chi connectivity index (χ2v) is 10.5. The summed E-state index contributed by atoms with van der Waals surface area (Å²) in [4.78, 5) is 11.2. The molecule has 1 rings (SSSR count). The van der Waals surface area contributed by atoms with Crippen LogP contribution in [0.15, 0.2) is 21.3 Å². The standard InChI is InChI=1S/C12H20O4Si/c1-12(2,3)17(4,5)15-8-10-6-9(13)7-11(14)16-10/h6-7,14H,8H2,1-5H3. The van der Waals surface area contributed by atoms with Crippen molar-refractivity contribution in [2.75, 3.05) is 0 Å². The van der Waals surface area contributed by atoms with Crippen molar-refractivity contribution in [1.29, 1.82) is 0 Å². The van der Waals surface area contributed by atoms with Crippen LogP contribution in [0.4, 0.5) is 0 Å². The molecule has 0 radical (unpaired) electrons. The molecule has 0 atom stereocenters. The zero-order valence-electron chi connectivity index (χ0n) is 11.0. The zero-order chi connectivity index (χ0) is 13.3. The molecule has 5 heteroatoms. The number of hydrogen-bond donors (Lipinski definition) is 1. The van der Waals surface area contributed by atoms with Gasteiger partial charge in [0.1, 0.15) is 5.76 Å². The van der Waals surface area contributed by atoms with Crippen molar-refractivity contribution in [3.63, 3.8) is 0 Å². The van der Waals surface area contributed by atoms with E-state index >= 15 is 0 Å². The van der Waals surface area contributed by atoms with Gasteiger partial charge < -0.3 is 13.9 Å². The molecule has 0 bridgehead atoms. The summed E-state index contributed by atoms with van der Waals surface area (Å²) in [5.74, 6) is -0.00819. The predicted molar refractivity (Wildman–Crippen MR) is 68.6 cm³/mol. The fourth-order valence-electron chi connectivity index (χ4n) is 1.05. The number of aromatic hydroxyl groups is 1. The van der Waals surface area contributed by atoms with E-state index in [0.717, 1.165) is 6.07 Å². The van der Waals surface area contributed by atoms with Crippen LogP contribution in [0.25, 0.3) is 0 Å². The Labute approximate surface area is 102 Å². The molecule has 0 spiro atoms. The van der Waals surface area contributed by atoms with Crippen LogP contribution in [0.2, 0.25) is 18.1 Å². The summed E-state index contributed by atoms with van der Waals surface area (Å²) < 4.78 is 10.9. The van der Waals surface area contributed by atoms with Crippen molar-refractivity contribution >= 4 is 8.32 Å². The van der Waals surface area contributed by atoms with Gasteiger partial charge in [0, 0.05) is 6.07 Å². The van der Waals surface area contributed by atoms with Crippen molar-refractivity contribution in [2.45, 2.75) is 45.5 Å². The average Bonchev–Trinajstić information content (AvgIpc) is 2.11. The summed E-state index contributed by atoms with van der Waals surface area (Å²) in [5.41, 5.74) is -0.275. The van der Waals surface area contributed by atoms with Crippen LogP contribution in [0.5, 0.6) is 5.95 Å². The smallest absolute Gasteiger partial charge is 0.285 e. The van der Waals surface area contributed by atoms with E-state index in [1.807, 2.05) is 0 Å². The second-order valence-electron chi connectivity index (χ2n) is 5.65. The molecule has 1 aromatic heterocycles. The first-order valence-corrected chi connectivity index (χ1v) is 8.50. The SMILES string of the molecule is CC(C)(C)[Si](C)(C)OCc1cc(=O)cc(O)o1. The van der Waals surface area contributed by atoms with Gasteiger partial charge in [-0.25, -0.2) is 0 Å². The minimum Gasteiger partial charge on any atom is -0.481 e. The fraction of sp³-hybridized carbons (Fsp3) is 0.583. The Balaban J connectivity index is 2.77. The van der Waals surface area contributed by atoms with Crippen LogP contribution in [0.3, 0.4) is 0 Å². The second kappa shape index (κ2) is 4.66. The lowest BCUT2D eigenvalue weighted by Crippen LogP contribution is -2.40. The summed E-state index contributed by atoms with van der Waals surface area (Å²) in [7, 11) is -1.87. The molecule has 1 aromatic rings. The van der Waals surface area contributed by atoms with E-state index in [0.29, 0.717) is 5.76 Å². The highest BCUT2D eigenvalue weighted by Crippen LogP contribution is 2.37. The number of rotatable bonds is 3. The van der Waals surface area contributed by atoms with Gasteiger partial charge in [-0.1, -0.05) is 20.8 Å². The Kier molecular flexibility index (Phi) is 3.83. The first-order valence-electron chi connectivity index (χ1n) is 5.59. The lowest BCUT2D eigenvalue weighted by molar-refractivity contribution is 0.221. The molecular weight excluding hydrogens is 236 g/mol. The van der Waals surface area contributed by atoms with Crippen LogP contribution in [-0.2, 0) is 11.0 Å². The molecule has 0 unspecified atom stereocenters. The van der Waals surface area contributed by atoms with Crippen LogP contribution in [0, 0.1) is 0 Å². The van der Waals surface area contributed by atoms with Gasteiger partial charge in [0.05, 0.1) is 12.7 Å². The van der Waals surface area contributed by atoms with Crippen LogP contribution >= 0.6 is 0 Å². The van der Waals surface area contributed by atoms with Gasteiger partial charge in [0.25, 0.3) is 5.95 Å². The van der Waals surface area contributed by atoms with E-state index in [2.05, 4.69) is 33.9 Å². The van der Waals surface area contributed by atoms with Crippen LogP contribution < -0.4 is 5.43 Å². The van der Waals surface area contributed by atoms with E-state index in [-0.39, 0.29) is 23.0 Å². The normalized spacial score (nSPS) is 12.8. The predicted octanol–water partition coefficient (Wildman–Crippen LogP) is 2.87. The lowest BCUT2D eigenvalue weighted by Gasteiger charge is -2.35. The van der Waals surface area contributed by atoms with Gasteiger partial charge in [0.15, 0.2) is 13.7 Å². The molecule has 0 aromatic carbocycles. The first-order chi connectivity index (χ1) is 7.62. The minimum atomic E-state index is -1.87. The molecule has 96 valence electrons. The molecule has 0 aliphatic heterocycles. The van der Waals surface area contributed by atoms with Crippen LogP contribution in [0.1, 0.15) is 26.5 Å². The van der Waals surface area contributed by atoms with Gasteiger partial charge >= 0.3 is 0 Å². The van der Waals surface area contributed by atoms with Crippen molar-refractivity contribution in [3.8, 4) is 5.95 Å². The highest BCUT2D eigenvalue weighted by molar-refractivity contribution is 6.74. The topological polar surface area (TPSA) is 59.7 Å². The summed E-state index contributed by atoms with van der Waals surface area (Å²) >= 11 is 0. The largest absolute Gasteiger partial charge is 0.481 e. The Morgan fingerprint density at radius 2 is 1.94 bits per heavy atom. The maximum Gasteiger partial charge on any atom is 0.285 e. The monoisotopic (exact) mass is 256 g/mol. The maximum atomic E-state index is 11.2. The molecule has 1 N–H and O–H groups in total. The third kappa shape index (κ3) is 3.71. The zero-order valence-corrected chi connectivity index (χ0v) is 12.0. The van der Waals surface area contributed by atoms with Crippen molar-refractivity contribution in [1.82, 2.24) is 0 Å². The molecule has 4 nitrogen and oxygen atoms in total. The molecule has 0 amide bonds. The first kappa shape index (κ1) is 14.0. The Morgan fingerprint density at radius 3 is 2.41 bits per heavy atom. The maximum absolute atomic E-state index is 11.2. The molecule has 0 saturated carbocycles. The van der Waals surface area contributed by atoms with Gasteiger partial charge in [-0.2, -0.15) is 0 Å². The Hall–Kier alpha value is -1.07. The summed E-state index contributed by atoms with van der Waals surface area (Å²) in [6, 6.07) is 2.38. The highest BCUT2D eigenvalue weighted by Gasteiger charge is 2.37. The van der Waals surface area contributed by atoms with E-state index in [9.17, 15) is 9.90 Å². The average molecular weight is 256 g/mol. The third-order valence-corrected chi connectivity index (χ3v) is 7.66. The third-order valence-electron chi connectivity index (χ3n) is 3.19.